The molecular weight excluding hydrogens is 236 g/mol. The Kier molecular flexibility index (Phi) is 4.35. The lowest BCUT2D eigenvalue weighted by atomic mass is 10.0. The fraction of sp³-hybridized carbons (Fsp3) is 0.235. The summed E-state index contributed by atoms with van der Waals surface area (Å²) >= 11 is 0. The number of ether oxygens (including phenoxy) is 1. The third-order valence-corrected chi connectivity index (χ3v) is 3.20. The Morgan fingerprint density at radius 3 is 2.47 bits per heavy atom. The minimum Gasteiger partial charge on any atom is -0.496 e. The molecule has 0 unspecified atom stereocenters. The summed E-state index contributed by atoms with van der Waals surface area (Å²) in [4.78, 5) is 12.1. The Balaban J connectivity index is 2.02. The summed E-state index contributed by atoms with van der Waals surface area (Å²) < 4.78 is 5.20. The molecule has 0 spiro atoms. The highest BCUT2D eigenvalue weighted by atomic mass is 16.5. The van der Waals surface area contributed by atoms with Crippen LogP contribution in [0, 0.1) is 6.92 Å². The standard InChI is InChI=1S/C17H18O2/c1-13-12-15(9-11-17(13)19-2)16(18)10-8-14-6-4-3-5-7-14/h3-7,9,11-12H,8,10H2,1-2H3. The molecule has 0 aliphatic rings. The molecule has 2 heteroatoms. The van der Waals surface area contributed by atoms with Crippen LogP contribution in [0.3, 0.4) is 0 Å². The summed E-state index contributed by atoms with van der Waals surface area (Å²) in [6.07, 6.45) is 1.32. The van der Waals surface area contributed by atoms with E-state index in [9.17, 15) is 4.79 Å². The Bertz CT molecular complexity index is 559. The van der Waals surface area contributed by atoms with Gasteiger partial charge in [-0.25, -0.2) is 0 Å². The maximum absolute atomic E-state index is 12.1. The zero-order valence-electron chi connectivity index (χ0n) is 11.3. The average molecular weight is 254 g/mol. The summed E-state index contributed by atoms with van der Waals surface area (Å²) in [6, 6.07) is 15.7. The van der Waals surface area contributed by atoms with Crippen LogP contribution in [0.25, 0.3) is 0 Å². The predicted molar refractivity (Wildman–Crippen MR) is 76.8 cm³/mol. The molecule has 2 aromatic carbocycles. The molecule has 19 heavy (non-hydrogen) atoms. The van der Waals surface area contributed by atoms with E-state index in [1.165, 1.54) is 5.56 Å². The predicted octanol–water partition coefficient (Wildman–Crippen LogP) is 3.82. The van der Waals surface area contributed by atoms with E-state index >= 15 is 0 Å². The first-order valence-electron chi connectivity index (χ1n) is 6.42. The van der Waals surface area contributed by atoms with Crippen LogP contribution >= 0.6 is 0 Å². The highest BCUT2D eigenvalue weighted by Gasteiger charge is 2.08. The molecule has 0 aliphatic carbocycles. The number of hydrogen-bond acceptors (Lipinski definition) is 2. The number of hydrogen-bond donors (Lipinski definition) is 0. The van der Waals surface area contributed by atoms with Gasteiger partial charge in [0.15, 0.2) is 5.78 Å². The second kappa shape index (κ2) is 6.19. The summed E-state index contributed by atoms with van der Waals surface area (Å²) in [5, 5.41) is 0. The number of carbonyl (C=O) groups is 1. The number of aryl methyl sites for hydroxylation is 2. The van der Waals surface area contributed by atoms with Crippen molar-refractivity contribution in [2.24, 2.45) is 0 Å². The fourth-order valence-electron chi connectivity index (χ4n) is 2.10. The number of methoxy groups -OCH3 is 1. The molecule has 0 saturated carbocycles. The number of benzene rings is 2. The highest BCUT2D eigenvalue weighted by Crippen LogP contribution is 2.19. The van der Waals surface area contributed by atoms with Gasteiger partial charge in [0.25, 0.3) is 0 Å². The lowest BCUT2D eigenvalue weighted by Crippen LogP contribution is -2.02. The normalized spacial score (nSPS) is 10.2. The molecule has 0 saturated heterocycles. The summed E-state index contributed by atoms with van der Waals surface area (Å²) in [7, 11) is 1.64. The molecule has 0 fully saturated rings. The Morgan fingerprint density at radius 2 is 1.84 bits per heavy atom. The molecule has 0 N–H and O–H groups in total. The maximum atomic E-state index is 12.1. The molecule has 2 rings (SSSR count). The van der Waals surface area contributed by atoms with Gasteiger partial charge >= 0.3 is 0 Å². The molecular formula is C17H18O2. The molecule has 0 radical (unpaired) electrons. The zero-order chi connectivity index (χ0) is 13.7. The third kappa shape index (κ3) is 3.44. The molecule has 0 atom stereocenters. The summed E-state index contributed by atoms with van der Waals surface area (Å²) in [5.74, 6) is 0.995. The minimum atomic E-state index is 0.176. The Hall–Kier alpha value is -2.09. The Morgan fingerprint density at radius 1 is 1.11 bits per heavy atom. The zero-order valence-corrected chi connectivity index (χ0v) is 11.3. The van der Waals surface area contributed by atoms with E-state index in [2.05, 4.69) is 0 Å². The lowest BCUT2D eigenvalue weighted by molar-refractivity contribution is 0.0982. The van der Waals surface area contributed by atoms with Crippen molar-refractivity contribution in [1.82, 2.24) is 0 Å². The molecule has 0 aliphatic heterocycles. The van der Waals surface area contributed by atoms with Gasteiger partial charge < -0.3 is 4.74 Å². The first-order valence-corrected chi connectivity index (χ1v) is 6.42. The third-order valence-electron chi connectivity index (χ3n) is 3.20. The van der Waals surface area contributed by atoms with Crippen LogP contribution in [0.5, 0.6) is 5.75 Å². The average Bonchev–Trinajstić information content (AvgIpc) is 2.45. The van der Waals surface area contributed by atoms with Crippen molar-refractivity contribution in [3.63, 3.8) is 0 Å². The quantitative estimate of drug-likeness (QED) is 0.758. The van der Waals surface area contributed by atoms with Crippen LogP contribution in [-0.2, 0) is 6.42 Å². The Labute approximate surface area is 114 Å². The second-order valence-corrected chi connectivity index (χ2v) is 4.59. The summed E-state index contributed by atoms with van der Waals surface area (Å²) in [6.45, 7) is 1.95. The second-order valence-electron chi connectivity index (χ2n) is 4.59. The van der Waals surface area contributed by atoms with Crippen LogP contribution in [0.4, 0.5) is 0 Å². The van der Waals surface area contributed by atoms with E-state index < -0.39 is 0 Å². The van der Waals surface area contributed by atoms with Gasteiger partial charge in [-0.05, 0) is 42.7 Å². The molecule has 0 bridgehead atoms. The maximum Gasteiger partial charge on any atom is 0.163 e. The smallest absolute Gasteiger partial charge is 0.163 e. The van der Waals surface area contributed by atoms with Crippen molar-refractivity contribution in [2.45, 2.75) is 19.8 Å². The number of ketones is 1. The SMILES string of the molecule is COc1ccc(C(=O)CCc2ccccc2)cc1C. The van der Waals surface area contributed by atoms with E-state index in [-0.39, 0.29) is 5.78 Å². The van der Waals surface area contributed by atoms with Crippen molar-refractivity contribution >= 4 is 5.78 Å². The number of carbonyl (C=O) groups excluding carboxylic acids is 1. The topological polar surface area (TPSA) is 26.3 Å². The first kappa shape index (κ1) is 13.3. The largest absolute Gasteiger partial charge is 0.496 e. The molecule has 2 aromatic rings. The van der Waals surface area contributed by atoms with Crippen molar-refractivity contribution in [3.8, 4) is 5.75 Å². The van der Waals surface area contributed by atoms with E-state index in [1.54, 1.807) is 7.11 Å². The van der Waals surface area contributed by atoms with Gasteiger partial charge in [0.05, 0.1) is 7.11 Å². The van der Waals surface area contributed by atoms with Crippen molar-refractivity contribution in [3.05, 3.63) is 65.2 Å². The molecule has 0 amide bonds. The van der Waals surface area contributed by atoms with Gasteiger partial charge in [-0.1, -0.05) is 30.3 Å². The highest BCUT2D eigenvalue weighted by molar-refractivity contribution is 5.96. The van der Waals surface area contributed by atoms with Gasteiger partial charge in [0.2, 0.25) is 0 Å². The summed E-state index contributed by atoms with van der Waals surface area (Å²) in [5.41, 5.74) is 2.95. The van der Waals surface area contributed by atoms with Gasteiger partial charge in [-0.15, -0.1) is 0 Å². The molecule has 0 aromatic heterocycles. The monoisotopic (exact) mass is 254 g/mol. The lowest BCUT2D eigenvalue weighted by Gasteiger charge is -2.07. The minimum absolute atomic E-state index is 0.176. The van der Waals surface area contributed by atoms with Gasteiger partial charge in [-0.3, -0.25) is 4.79 Å². The first-order chi connectivity index (χ1) is 9.20. The van der Waals surface area contributed by atoms with Crippen LogP contribution in [-0.4, -0.2) is 12.9 Å². The van der Waals surface area contributed by atoms with Crippen LogP contribution in [0.1, 0.15) is 27.9 Å². The van der Waals surface area contributed by atoms with E-state index in [0.717, 1.165) is 23.3 Å². The fourth-order valence-corrected chi connectivity index (χ4v) is 2.10. The van der Waals surface area contributed by atoms with Crippen LogP contribution < -0.4 is 4.74 Å². The van der Waals surface area contributed by atoms with Crippen molar-refractivity contribution in [1.29, 1.82) is 0 Å². The van der Waals surface area contributed by atoms with E-state index in [0.29, 0.717) is 6.42 Å². The van der Waals surface area contributed by atoms with Gasteiger partial charge in [0.1, 0.15) is 5.75 Å². The van der Waals surface area contributed by atoms with Gasteiger partial charge in [0, 0.05) is 12.0 Å². The number of rotatable bonds is 5. The van der Waals surface area contributed by atoms with Crippen molar-refractivity contribution in [2.75, 3.05) is 7.11 Å². The molecule has 98 valence electrons. The molecule has 0 heterocycles. The number of Topliss-reactive ketones (excluding diaryl/α,β-unsaturated/α-hetero) is 1. The van der Waals surface area contributed by atoms with Crippen LogP contribution in [0.2, 0.25) is 0 Å². The van der Waals surface area contributed by atoms with Crippen LogP contribution in [0.15, 0.2) is 48.5 Å². The van der Waals surface area contributed by atoms with Crippen molar-refractivity contribution < 1.29 is 9.53 Å². The van der Waals surface area contributed by atoms with E-state index in [4.69, 9.17) is 4.74 Å². The molecule has 2 nitrogen and oxygen atoms in total. The van der Waals surface area contributed by atoms with E-state index in [1.807, 2.05) is 55.5 Å². The van der Waals surface area contributed by atoms with Gasteiger partial charge in [-0.2, -0.15) is 0 Å².